The molecular formula is C45H30N2. The predicted molar refractivity (Wildman–Crippen MR) is 199 cm³/mol. The summed E-state index contributed by atoms with van der Waals surface area (Å²) < 4.78 is 5.02. The lowest BCUT2D eigenvalue weighted by Crippen LogP contribution is -2.16. The maximum atomic E-state index is 2.52. The van der Waals surface area contributed by atoms with Crippen molar-refractivity contribution in [3.63, 3.8) is 0 Å². The molecule has 0 saturated carbocycles. The third-order valence-electron chi connectivity index (χ3n) is 11.0. The topological polar surface area (TPSA) is 8.82 Å². The van der Waals surface area contributed by atoms with Crippen LogP contribution in [0.15, 0.2) is 146 Å². The molecule has 0 amide bonds. The Hall–Kier alpha value is -5.86. The molecule has 47 heavy (non-hydrogen) atoms. The van der Waals surface area contributed by atoms with Gasteiger partial charge >= 0.3 is 0 Å². The lowest BCUT2D eigenvalue weighted by molar-refractivity contribution is 0.662. The van der Waals surface area contributed by atoms with E-state index in [4.69, 9.17) is 0 Å². The number of para-hydroxylation sites is 5. The van der Waals surface area contributed by atoms with Gasteiger partial charge in [0.05, 0.1) is 33.1 Å². The van der Waals surface area contributed by atoms with Crippen LogP contribution in [0.3, 0.4) is 0 Å². The average molecular weight is 599 g/mol. The molecule has 0 aliphatic heterocycles. The fourth-order valence-electron chi connectivity index (χ4n) is 9.13. The Bertz CT molecular complexity index is 2990. The third-order valence-corrected chi connectivity index (χ3v) is 11.0. The van der Waals surface area contributed by atoms with Gasteiger partial charge in [-0.25, -0.2) is 0 Å². The second kappa shape index (κ2) is 8.69. The Morgan fingerprint density at radius 2 is 0.830 bits per heavy atom. The highest BCUT2D eigenvalue weighted by Gasteiger charge is 2.37. The molecule has 1 aliphatic carbocycles. The highest BCUT2D eigenvalue weighted by molar-refractivity contribution is 6.26. The minimum atomic E-state index is -0.109. The SMILES string of the molecule is CC1(C)c2ccccc2-c2cccc(-c3cc4c5ccccc5n5c6ccccc6n6c7ccccc7c7cccc(c(c3)c45)c76)c21. The van der Waals surface area contributed by atoms with Gasteiger partial charge in [-0.1, -0.05) is 123 Å². The molecule has 2 nitrogen and oxygen atoms in total. The maximum absolute atomic E-state index is 2.52. The first-order valence-electron chi connectivity index (χ1n) is 16.5. The lowest BCUT2D eigenvalue weighted by Gasteiger charge is -2.24. The van der Waals surface area contributed by atoms with Gasteiger partial charge in [-0.3, -0.25) is 0 Å². The molecule has 3 heterocycles. The van der Waals surface area contributed by atoms with Crippen LogP contribution in [0.4, 0.5) is 0 Å². The van der Waals surface area contributed by atoms with Crippen molar-refractivity contribution in [3.05, 3.63) is 157 Å². The summed E-state index contributed by atoms with van der Waals surface area (Å²) in [6.45, 7) is 4.78. The zero-order valence-corrected chi connectivity index (χ0v) is 26.3. The fourth-order valence-corrected chi connectivity index (χ4v) is 9.13. The van der Waals surface area contributed by atoms with E-state index in [-0.39, 0.29) is 5.41 Å². The summed E-state index contributed by atoms with van der Waals surface area (Å²) in [4.78, 5) is 0. The summed E-state index contributed by atoms with van der Waals surface area (Å²) in [6, 6.07) is 54.4. The van der Waals surface area contributed by atoms with Crippen LogP contribution in [0.5, 0.6) is 0 Å². The predicted octanol–water partition coefficient (Wildman–Crippen LogP) is 11.9. The van der Waals surface area contributed by atoms with Crippen LogP contribution in [0.25, 0.3) is 87.7 Å². The van der Waals surface area contributed by atoms with Crippen molar-refractivity contribution in [2.45, 2.75) is 19.3 Å². The van der Waals surface area contributed by atoms with Gasteiger partial charge in [0.1, 0.15) is 0 Å². The molecule has 10 aromatic rings. The minimum Gasteiger partial charge on any atom is -0.307 e. The van der Waals surface area contributed by atoms with Gasteiger partial charge < -0.3 is 8.80 Å². The summed E-state index contributed by atoms with van der Waals surface area (Å²) in [5.41, 5.74) is 15.4. The van der Waals surface area contributed by atoms with E-state index in [1.54, 1.807) is 0 Å². The Morgan fingerprint density at radius 1 is 0.383 bits per heavy atom. The van der Waals surface area contributed by atoms with Crippen molar-refractivity contribution < 1.29 is 0 Å². The first-order chi connectivity index (χ1) is 23.1. The van der Waals surface area contributed by atoms with Gasteiger partial charge in [0.15, 0.2) is 0 Å². The highest BCUT2D eigenvalue weighted by Crippen LogP contribution is 2.53. The van der Waals surface area contributed by atoms with Gasteiger partial charge in [-0.15, -0.1) is 0 Å². The van der Waals surface area contributed by atoms with Crippen LogP contribution in [0.2, 0.25) is 0 Å². The summed E-state index contributed by atoms with van der Waals surface area (Å²) >= 11 is 0. The van der Waals surface area contributed by atoms with Crippen LogP contribution >= 0.6 is 0 Å². The number of hydrogen-bond acceptors (Lipinski definition) is 0. The average Bonchev–Trinajstić information content (AvgIpc) is 3.71. The van der Waals surface area contributed by atoms with Gasteiger partial charge in [-0.05, 0) is 69.8 Å². The van der Waals surface area contributed by atoms with E-state index >= 15 is 0 Å². The molecule has 0 atom stereocenters. The van der Waals surface area contributed by atoms with Crippen LogP contribution in [-0.4, -0.2) is 8.80 Å². The number of nitrogens with zero attached hydrogens (tertiary/aromatic N) is 2. The summed E-state index contributed by atoms with van der Waals surface area (Å²) in [5.74, 6) is 0. The standard InChI is InChI=1S/C45H30N2/c1-45(2)37-20-6-3-13-29(37)32-17-11-16-28(42(32)45)27-25-35-31-15-5-8-22-39(31)47-41-24-10-9-23-40(41)46-38-21-7-4-14-30(38)33-18-12-19-34(43(33)46)36(26-27)44(35)47/h3-26H,1-2H3. The largest absolute Gasteiger partial charge is 0.307 e. The third kappa shape index (κ3) is 3.06. The van der Waals surface area contributed by atoms with Crippen molar-refractivity contribution >= 4 is 65.4 Å². The van der Waals surface area contributed by atoms with E-state index in [9.17, 15) is 0 Å². The molecule has 3 aromatic heterocycles. The number of rotatable bonds is 1. The molecule has 0 bridgehead atoms. The number of aromatic nitrogens is 2. The molecule has 0 fully saturated rings. The van der Waals surface area contributed by atoms with E-state index in [1.165, 1.54) is 98.8 Å². The number of hydrogen-bond donors (Lipinski definition) is 0. The molecule has 0 radical (unpaired) electrons. The molecule has 2 heteroatoms. The number of fused-ring (bicyclic) bond motifs is 13. The zero-order chi connectivity index (χ0) is 31.0. The molecule has 220 valence electrons. The van der Waals surface area contributed by atoms with Gasteiger partial charge in [0.2, 0.25) is 0 Å². The Morgan fingerprint density at radius 3 is 1.53 bits per heavy atom. The van der Waals surface area contributed by atoms with E-state index in [1.807, 2.05) is 0 Å². The highest BCUT2D eigenvalue weighted by atomic mass is 15.0. The first-order valence-corrected chi connectivity index (χ1v) is 16.5. The molecule has 7 aromatic carbocycles. The Balaban J connectivity index is 1.42. The summed E-state index contributed by atoms with van der Waals surface area (Å²) in [6.07, 6.45) is 0. The van der Waals surface area contributed by atoms with Crippen molar-refractivity contribution in [1.82, 2.24) is 8.80 Å². The van der Waals surface area contributed by atoms with E-state index in [0.29, 0.717) is 0 Å². The van der Waals surface area contributed by atoms with Crippen molar-refractivity contribution in [1.29, 1.82) is 0 Å². The molecular weight excluding hydrogens is 569 g/mol. The Kier molecular flexibility index (Phi) is 4.68. The second-order valence-corrected chi connectivity index (χ2v) is 13.7. The quantitative estimate of drug-likeness (QED) is 0.178. The maximum Gasteiger partial charge on any atom is 0.0703 e. The van der Waals surface area contributed by atoms with Gasteiger partial charge in [0.25, 0.3) is 0 Å². The minimum absolute atomic E-state index is 0.109. The molecule has 11 rings (SSSR count). The molecule has 0 N–H and O–H groups in total. The van der Waals surface area contributed by atoms with Crippen molar-refractivity contribution in [2.24, 2.45) is 0 Å². The van der Waals surface area contributed by atoms with Crippen molar-refractivity contribution in [3.8, 4) is 22.3 Å². The van der Waals surface area contributed by atoms with Gasteiger partial charge in [-0.2, -0.15) is 0 Å². The van der Waals surface area contributed by atoms with E-state index in [2.05, 4.69) is 168 Å². The van der Waals surface area contributed by atoms with Crippen LogP contribution in [0.1, 0.15) is 25.0 Å². The number of benzene rings is 7. The Labute approximate surface area is 271 Å². The lowest BCUT2D eigenvalue weighted by atomic mass is 9.78. The van der Waals surface area contributed by atoms with E-state index < -0.39 is 0 Å². The molecule has 1 aliphatic rings. The van der Waals surface area contributed by atoms with Crippen LogP contribution < -0.4 is 0 Å². The zero-order valence-electron chi connectivity index (χ0n) is 26.3. The van der Waals surface area contributed by atoms with Crippen LogP contribution in [0, 0.1) is 0 Å². The second-order valence-electron chi connectivity index (χ2n) is 13.7. The van der Waals surface area contributed by atoms with Crippen molar-refractivity contribution in [2.75, 3.05) is 0 Å². The first kappa shape index (κ1) is 25.3. The molecule has 0 spiro atoms. The summed E-state index contributed by atoms with van der Waals surface area (Å²) in [7, 11) is 0. The normalized spacial score (nSPS) is 13.9. The summed E-state index contributed by atoms with van der Waals surface area (Å²) in [5, 5.41) is 7.66. The fraction of sp³-hybridized carbons (Fsp3) is 0.0667. The van der Waals surface area contributed by atoms with Gasteiger partial charge in [0, 0.05) is 37.7 Å². The van der Waals surface area contributed by atoms with E-state index in [0.717, 1.165) is 0 Å². The molecule has 0 unspecified atom stereocenters. The molecule has 0 saturated heterocycles. The smallest absolute Gasteiger partial charge is 0.0703 e. The monoisotopic (exact) mass is 598 g/mol. The van der Waals surface area contributed by atoms with Crippen LogP contribution in [-0.2, 0) is 5.41 Å².